The zero-order chi connectivity index (χ0) is 24.7. The van der Waals surface area contributed by atoms with Crippen LogP contribution in [0.3, 0.4) is 0 Å². The predicted molar refractivity (Wildman–Crippen MR) is 137 cm³/mol. The molecule has 178 valence electrons. The summed E-state index contributed by atoms with van der Waals surface area (Å²) in [6.45, 7) is -0.501. The van der Waals surface area contributed by atoms with Crippen molar-refractivity contribution in [2.45, 2.75) is 11.4 Å². The molecule has 0 saturated heterocycles. The fourth-order valence-corrected chi connectivity index (χ4v) is 4.97. The molecule has 0 aliphatic heterocycles. The Labute approximate surface area is 216 Å². The van der Waals surface area contributed by atoms with Crippen LogP contribution in [0.1, 0.15) is 11.1 Å². The molecule has 3 aromatic rings. The van der Waals surface area contributed by atoms with E-state index in [2.05, 4.69) is 26.5 Å². The molecule has 3 aromatic carbocycles. The van der Waals surface area contributed by atoms with Gasteiger partial charge in [-0.2, -0.15) is 9.41 Å². The first kappa shape index (κ1) is 26.2. The molecule has 0 aromatic heterocycles. The number of hydrogen-bond acceptors (Lipinski definition) is 5. The largest absolute Gasteiger partial charge is 0.496 e. The number of halogens is 3. The number of sulfonamides is 1. The lowest BCUT2D eigenvalue weighted by atomic mass is 10.2. The number of nitrogens with zero attached hydrogens (tertiary/aromatic N) is 2. The van der Waals surface area contributed by atoms with Crippen molar-refractivity contribution in [3.8, 4) is 5.75 Å². The van der Waals surface area contributed by atoms with Gasteiger partial charge in [0.25, 0.3) is 5.91 Å². The van der Waals surface area contributed by atoms with Crippen molar-refractivity contribution in [3.63, 3.8) is 0 Å². The van der Waals surface area contributed by atoms with Crippen molar-refractivity contribution < 1.29 is 17.9 Å². The van der Waals surface area contributed by atoms with E-state index < -0.39 is 22.5 Å². The van der Waals surface area contributed by atoms with Gasteiger partial charge in [0.05, 0.1) is 24.8 Å². The molecule has 1 amide bonds. The Morgan fingerprint density at radius 3 is 2.29 bits per heavy atom. The maximum absolute atomic E-state index is 13.3. The van der Waals surface area contributed by atoms with Gasteiger partial charge in [0, 0.05) is 26.6 Å². The minimum absolute atomic E-state index is 0.0148. The highest BCUT2D eigenvalue weighted by Gasteiger charge is 2.27. The molecule has 0 saturated carbocycles. The van der Waals surface area contributed by atoms with Gasteiger partial charge in [-0.3, -0.25) is 4.79 Å². The van der Waals surface area contributed by atoms with Crippen molar-refractivity contribution >= 4 is 61.3 Å². The Morgan fingerprint density at radius 2 is 1.68 bits per heavy atom. The molecule has 7 nitrogen and oxygen atoms in total. The maximum Gasteiger partial charge on any atom is 0.255 e. The highest BCUT2D eigenvalue weighted by molar-refractivity contribution is 9.10. The van der Waals surface area contributed by atoms with Gasteiger partial charge in [-0.1, -0.05) is 51.3 Å². The van der Waals surface area contributed by atoms with Crippen LogP contribution in [0.4, 0.5) is 0 Å². The standard InChI is InChI=1S/C23H20BrCl2N3O4S/c1-33-22-11-4-18(24)12-17(22)13-27-28-23(30)15-29(14-16-2-5-19(25)6-3-16)34(31,32)21-9-7-20(26)8-10-21/h2-13H,14-15H2,1H3,(H,28,30)/b27-13-. The van der Waals surface area contributed by atoms with Crippen LogP contribution in [0.15, 0.2) is 81.2 Å². The zero-order valence-electron chi connectivity index (χ0n) is 17.9. The molecule has 0 aliphatic rings. The van der Waals surface area contributed by atoms with Gasteiger partial charge in [-0.15, -0.1) is 0 Å². The van der Waals surface area contributed by atoms with E-state index >= 15 is 0 Å². The molecular weight excluding hydrogens is 565 g/mol. The molecule has 0 fully saturated rings. The molecule has 0 heterocycles. The van der Waals surface area contributed by atoms with Gasteiger partial charge in [-0.05, 0) is 60.2 Å². The van der Waals surface area contributed by atoms with E-state index in [0.29, 0.717) is 26.9 Å². The molecule has 0 atom stereocenters. The topological polar surface area (TPSA) is 88.1 Å². The number of ether oxygens (including phenoxy) is 1. The van der Waals surface area contributed by atoms with Gasteiger partial charge in [0.15, 0.2) is 0 Å². The maximum atomic E-state index is 13.3. The molecule has 34 heavy (non-hydrogen) atoms. The third-order valence-corrected chi connectivity index (χ3v) is 7.43. The summed E-state index contributed by atoms with van der Waals surface area (Å²) in [6.07, 6.45) is 1.42. The first-order valence-electron chi connectivity index (χ1n) is 9.84. The number of hydrogen-bond donors (Lipinski definition) is 1. The molecule has 11 heteroatoms. The van der Waals surface area contributed by atoms with Crippen LogP contribution in [-0.2, 0) is 21.4 Å². The first-order chi connectivity index (χ1) is 16.2. The normalized spacial score (nSPS) is 11.7. The lowest BCUT2D eigenvalue weighted by Crippen LogP contribution is -2.39. The number of nitrogens with one attached hydrogen (secondary N) is 1. The average Bonchev–Trinajstić information content (AvgIpc) is 2.80. The van der Waals surface area contributed by atoms with E-state index in [4.69, 9.17) is 27.9 Å². The van der Waals surface area contributed by atoms with Gasteiger partial charge in [0.1, 0.15) is 5.75 Å². The molecule has 1 N–H and O–H groups in total. The lowest BCUT2D eigenvalue weighted by molar-refractivity contribution is -0.121. The summed E-state index contributed by atoms with van der Waals surface area (Å²) in [6, 6.07) is 17.8. The lowest BCUT2D eigenvalue weighted by Gasteiger charge is -2.21. The van der Waals surface area contributed by atoms with Crippen LogP contribution in [0.5, 0.6) is 5.75 Å². The molecule has 0 unspecified atom stereocenters. The van der Waals surface area contributed by atoms with Crippen LogP contribution >= 0.6 is 39.1 Å². The number of methoxy groups -OCH3 is 1. The molecule has 0 spiro atoms. The molecule has 0 aliphatic carbocycles. The quantitative estimate of drug-likeness (QED) is 0.280. The minimum Gasteiger partial charge on any atom is -0.496 e. The van der Waals surface area contributed by atoms with Crippen molar-refractivity contribution in [1.82, 2.24) is 9.73 Å². The fourth-order valence-electron chi connectivity index (χ4n) is 2.95. The average molecular weight is 585 g/mol. The van der Waals surface area contributed by atoms with Crippen molar-refractivity contribution in [2.75, 3.05) is 13.7 Å². The summed E-state index contributed by atoms with van der Waals surface area (Å²) in [5.41, 5.74) is 3.66. The summed E-state index contributed by atoms with van der Waals surface area (Å²) in [5, 5.41) is 4.87. The predicted octanol–water partition coefficient (Wildman–Crippen LogP) is 5.11. The van der Waals surface area contributed by atoms with Gasteiger partial charge >= 0.3 is 0 Å². The smallest absolute Gasteiger partial charge is 0.255 e. The van der Waals surface area contributed by atoms with Crippen LogP contribution in [0.2, 0.25) is 10.0 Å². The third kappa shape index (κ3) is 7.04. The van der Waals surface area contributed by atoms with Crippen LogP contribution in [-0.4, -0.2) is 38.5 Å². The van der Waals surface area contributed by atoms with E-state index in [9.17, 15) is 13.2 Å². The summed E-state index contributed by atoms with van der Waals surface area (Å²) in [4.78, 5) is 12.6. The molecule has 3 rings (SSSR count). The van der Waals surface area contributed by atoms with Gasteiger partial charge in [-0.25, -0.2) is 13.8 Å². The Hall–Kier alpha value is -2.43. The van der Waals surface area contributed by atoms with E-state index in [0.717, 1.165) is 8.78 Å². The number of carbonyl (C=O) groups is 1. The SMILES string of the molecule is COc1ccc(Br)cc1/C=N\NC(=O)CN(Cc1ccc(Cl)cc1)S(=O)(=O)c1ccc(Cl)cc1. The van der Waals surface area contributed by atoms with Crippen LogP contribution in [0, 0.1) is 0 Å². The van der Waals surface area contributed by atoms with Crippen molar-refractivity contribution in [1.29, 1.82) is 0 Å². The fraction of sp³-hybridized carbons (Fsp3) is 0.130. The second-order valence-electron chi connectivity index (χ2n) is 7.03. The highest BCUT2D eigenvalue weighted by Crippen LogP contribution is 2.22. The highest BCUT2D eigenvalue weighted by atomic mass is 79.9. The Morgan fingerprint density at radius 1 is 1.06 bits per heavy atom. The summed E-state index contributed by atoms with van der Waals surface area (Å²) in [5.74, 6) is -0.0485. The van der Waals surface area contributed by atoms with Gasteiger partial charge < -0.3 is 4.74 Å². The van der Waals surface area contributed by atoms with Crippen molar-refractivity contribution in [2.24, 2.45) is 5.10 Å². The molecular formula is C23H20BrCl2N3O4S. The second kappa shape index (κ2) is 11.8. The number of benzene rings is 3. The van der Waals surface area contributed by atoms with Gasteiger partial charge in [0.2, 0.25) is 10.0 Å². The van der Waals surface area contributed by atoms with Crippen LogP contribution in [0.25, 0.3) is 0 Å². The van der Waals surface area contributed by atoms with E-state index in [1.807, 2.05) is 6.07 Å². The Kier molecular flexibility index (Phi) is 9.10. The monoisotopic (exact) mass is 583 g/mol. The minimum atomic E-state index is -4.01. The number of amides is 1. The third-order valence-electron chi connectivity index (χ3n) is 4.63. The first-order valence-corrected chi connectivity index (χ1v) is 12.8. The zero-order valence-corrected chi connectivity index (χ0v) is 21.8. The summed E-state index contributed by atoms with van der Waals surface area (Å²) < 4.78 is 33.7. The summed E-state index contributed by atoms with van der Waals surface area (Å²) in [7, 11) is -2.49. The Balaban J connectivity index is 1.80. The Bertz CT molecular complexity index is 1280. The number of rotatable bonds is 9. The number of hydrazone groups is 1. The van der Waals surface area contributed by atoms with E-state index in [-0.39, 0.29) is 11.4 Å². The summed E-state index contributed by atoms with van der Waals surface area (Å²) >= 11 is 15.2. The van der Waals surface area contributed by atoms with Crippen LogP contribution < -0.4 is 10.2 Å². The van der Waals surface area contributed by atoms with E-state index in [1.165, 1.54) is 37.6 Å². The number of carbonyl (C=O) groups excluding carboxylic acids is 1. The van der Waals surface area contributed by atoms with Crippen molar-refractivity contribution in [3.05, 3.63) is 92.4 Å². The molecule has 0 radical (unpaired) electrons. The van der Waals surface area contributed by atoms with E-state index in [1.54, 1.807) is 36.4 Å². The second-order valence-corrected chi connectivity index (χ2v) is 10.8. The molecule has 0 bridgehead atoms.